The van der Waals surface area contributed by atoms with E-state index in [4.69, 9.17) is 5.11 Å². The summed E-state index contributed by atoms with van der Waals surface area (Å²) in [6, 6.07) is 0. The average Bonchev–Trinajstić information content (AvgIpc) is 2.10. The lowest BCUT2D eigenvalue weighted by molar-refractivity contribution is -0.154. The number of hydrogen-bond donors (Lipinski definition) is 2. The van der Waals surface area contributed by atoms with Gasteiger partial charge in [0, 0.05) is 25.6 Å². The van der Waals surface area contributed by atoms with Crippen LogP contribution >= 0.6 is 0 Å². The smallest absolute Gasteiger partial charge is 0.310 e. The predicted octanol–water partition coefficient (Wildman–Crippen LogP) is -0.225. The first kappa shape index (κ1) is 12.0. The van der Waals surface area contributed by atoms with E-state index in [1.807, 2.05) is 13.8 Å². The Balaban J connectivity index is 2.28. The van der Waals surface area contributed by atoms with E-state index in [0.29, 0.717) is 19.6 Å². The number of rotatable bonds is 5. The van der Waals surface area contributed by atoms with E-state index < -0.39 is 5.97 Å². The molecule has 5 nitrogen and oxygen atoms in total. The fourth-order valence-electron chi connectivity index (χ4n) is 1.57. The Kier molecular flexibility index (Phi) is 4.08. The van der Waals surface area contributed by atoms with Gasteiger partial charge in [-0.05, 0) is 6.54 Å². The minimum Gasteiger partial charge on any atom is -0.481 e. The standard InChI is InChI=1S/C10H18N2O3/c1-3-11-4-7(2)9(13)12-5-8(6-12)10(14)15/h7-8,11H,3-6H2,1-2H3,(H,14,15). The van der Waals surface area contributed by atoms with Crippen LogP contribution in [0.1, 0.15) is 13.8 Å². The monoisotopic (exact) mass is 214 g/mol. The van der Waals surface area contributed by atoms with Crippen molar-refractivity contribution in [2.24, 2.45) is 11.8 Å². The Labute approximate surface area is 89.4 Å². The van der Waals surface area contributed by atoms with Gasteiger partial charge in [-0.1, -0.05) is 13.8 Å². The molecule has 5 heteroatoms. The number of likely N-dealkylation sites (tertiary alicyclic amines) is 1. The third kappa shape index (κ3) is 2.92. The highest BCUT2D eigenvalue weighted by Crippen LogP contribution is 2.18. The molecular weight excluding hydrogens is 196 g/mol. The molecule has 2 N–H and O–H groups in total. The molecule has 1 amide bonds. The van der Waals surface area contributed by atoms with E-state index in [2.05, 4.69) is 5.32 Å². The van der Waals surface area contributed by atoms with E-state index >= 15 is 0 Å². The number of hydrogen-bond acceptors (Lipinski definition) is 3. The second-order valence-corrected chi connectivity index (χ2v) is 3.99. The van der Waals surface area contributed by atoms with Crippen LogP contribution in [-0.2, 0) is 9.59 Å². The molecule has 0 spiro atoms. The molecule has 1 fully saturated rings. The molecule has 0 bridgehead atoms. The van der Waals surface area contributed by atoms with Crippen LogP contribution in [0.2, 0.25) is 0 Å². The van der Waals surface area contributed by atoms with Crippen molar-refractivity contribution in [1.82, 2.24) is 10.2 Å². The molecule has 0 radical (unpaired) electrons. The highest BCUT2D eigenvalue weighted by Gasteiger charge is 2.36. The van der Waals surface area contributed by atoms with E-state index in [1.165, 1.54) is 0 Å². The average molecular weight is 214 g/mol. The second kappa shape index (κ2) is 5.11. The SMILES string of the molecule is CCNCC(C)C(=O)N1CC(C(=O)O)C1. The summed E-state index contributed by atoms with van der Waals surface area (Å²) >= 11 is 0. The third-order valence-corrected chi connectivity index (χ3v) is 2.66. The third-order valence-electron chi connectivity index (χ3n) is 2.66. The molecule has 0 aliphatic carbocycles. The lowest BCUT2D eigenvalue weighted by Crippen LogP contribution is -2.55. The van der Waals surface area contributed by atoms with Gasteiger partial charge >= 0.3 is 5.97 Å². The molecule has 1 heterocycles. The van der Waals surface area contributed by atoms with Crippen LogP contribution in [0.25, 0.3) is 0 Å². The van der Waals surface area contributed by atoms with Gasteiger partial charge in [-0.3, -0.25) is 9.59 Å². The molecule has 0 aromatic rings. The molecule has 0 saturated carbocycles. The van der Waals surface area contributed by atoms with Gasteiger partial charge in [-0.2, -0.15) is 0 Å². The van der Waals surface area contributed by atoms with Crippen LogP contribution in [0, 0.1) is 11.8 Å². The lowest BCUT2D eigenvalue weighted by Gasteiger charge is -2.38. The fraction of sp³-hybridized carbons (Fsp3) is 0.800. The van der Waals surface area contributed by atoms with Gasteiger partial charge in [-0.15, -0.1) is 0 Å². The predicted molar refractivity (Wildman–Crippen MR) is 55.4 cm³/mol. The molecule has 0 aromatic heterocycles. The number of amides is 1. The van der Waals surface area contributed by atoms with Gasteiger partial charge in [-0.25, -0.2) is 0 Å². The zero-order valence-electron chi connectivity index (χ0n) is 9.19. The summed E-state index contributed by atoms with van der Waals surface area (Å²) in [6.07, 6.45) is 0. The Morgan fingerprint density at radius 3 is 2.60 bits per heavy atom. The zero-order valence-corrected chi connectivity index (χ0v) is 9.19. The van der Waals surface area contributed by atoms with Crippen molar-refractivity contribution < 1.29 is 14.7 Å². The summed E-state index contributed by atoms with van der Waals surface area (Å²) in [5, 5.41) is 11.8. The Morgan fingerprint density at radius 1 is 1.53 bits per heavy atom. The molecule has 15 heavy (non-hydrogen) atoms. The molecule has 1 rings (SSSR count). The molecule has 1 aliphatic rings. The van der Waals surface area contributed by atoms with Crippen LogP contribution in [0.5, 0.6) is 0 Å². The summed E-state index contributed by atoms with van der Waals surface area (Å²) in [6.45, 7) is 6.08. The molecular formula is C10H18N2O3. The van der Waals surface area contributed by atoms with Gasteiger partial charge < -0.3 is 15.3 Å². The second-order valence-electron chi connectivity index (χ2n) is 3.99. The van der Waals surface area contributed by atoms with Gasteiger partial charge in [0.2, 0.25) is 5.91 Å². The number of carbonyl (C=O) groups is 2. The van der Waals surface area contributed by atoms with Crippen molar-refractivity contribution in [3.63, 3.8) is 0 Å². The summed E-state index contributed by atoms with van der Waals surface area (Å²) in [5.41, 5.74) is 0. The van der Waals surface area contributed by atoms with E-state index in [-0.39, 0.29) is 17.7 Å². The van der Waals surface area contributed by atoms with Crippen molar-refractivity contribution in [3.05, 3.63) is 0 Å². The molecule has 1 unspecified atom stereocenters. The Morgan fingerprint density at radius 2 is 2.13 bits per heavy atom. The van der Waals surface area contributed by atoms with E-state index in [0.717, 1.165) is 6.54 Å². The molecule has 1 atom stereocenters. The van der Waals surface area contributed by atoms with Gasteiger partial charge in [0.05, 0.1) is 5.92 Å². The maximum atomic E-state index is 11.7. The largest absolute Gasteiger partial charge is 0.481 e. The van der Waals surface area contributed by atoms with Crippen LogP contribution < -0.4 is 5.32 Å². The minimum absolute atomic E-state index is 0.0495. The highest BCUT2D eigenvalue weighted by atomic mass is 16.4. The van der Waals surface area contributed by atoms with Gasteiger partial charge in [0.1, 0.15) is 0 Å². The maximum absolute atomic E-state index is 11.7. The lowest BCUT2D eigenvalue weighted by atomic mass is 9.98. The molecule has 0 aromatic carbocycles. The van der Waals surface area contributed by atoms with Crippen molar-refractivity contribution in [3.8, 4) is 0 Å². The summed E-state index contributed by atoms with van der Waals surface area (Å²) in [5.74, 6) is -1.19. The fourth-order valence-corrected chi connectivity index (χ4v) is 1.57. The molecule has 1 saturated heterocycles. The van der Waals surface area contributed by atoms with E-state index in [9.17, 15) is 9.59 Å². The number of nitrogens with zero attached hydrogens (tertiary/aromatic N) is 1. The van der Waals surface area contributed by atoms with Crippen LogP contribution in [0.3, 0.4) is 0 Å². The van der Waals surface area contributed by atoms with Gasteiger partial charge in [0.25, 0.3) is 0 Å². The van der Waals surface area contributed by atoms with Crippen LogP contribution in [0.15, 0.2) is 0 Å². The first-order chi connectivity index (χ1) is 7.06. The first-order valence-electron chi connectivity index (χ1n) is 5.28. The quantitative estimate of drug-likeness (QED) is 0.663. The maximum Gasteiger partial charge on any atom is 0.310 e. The van der Waals surface area contributed by atoms with Crippen molar-refractivity contribution >= 4 is 11.9 Å². The number of carboxylic acids is 1. The van der Waals surface area contributed by atoms with Crippen molar-refractivity contribution in [1.29, 1.82) is 0 Å². The number of aliphatic carboxylic acids is 1. The Bertz CT molecular complexity index is 249. The number of nitrogens with one attached hydrogen (secondary N) is 1. The van der Waals surface area contributed by atoms with E-state index in [1.54, 1.807) is 4.90 Å². The van der Waals surface area contributed by atoms with Crippen molar-refractivity contribution in [2.45, 2.75) is 13.8 Å². The highest BCUT2D eigenvalue weighted by molar-refractivity contribution is 5.82. The minimum atomic E-state index is -0.807. The summed E-state index contributed by atoms with van der Waals surface area (Å²) in [7, 11) is 0. The zero-order chi connectivity index (χ0) is 11.4. The van der Waals surface area contributed by atoms with Crippen LogP contribution in [0.4, 0.5) is 0 Å². The van der Waals surface area contributed by atoms with Crippen molar-refractivity contribution in [2.75, 3.05) is 26.2 Å². The topological polar surface area (TPSA) is 69.6 Å². The summed E-state index contributed by atoms with van der Waals surface area (Å²) < 4.78 is 0. The van der Waals surface area contributed by atoms with Gasteiger partial charge in [0.15, 0.2) is 0 Å². The normalized spacial score (nSPS) is 18.4. The van der Waals surface area contributed by atoms with Crippen LogP contribution in [-0.4, -0.2) is 48.1 Å². The first-order valence-corrected chi connectivity index (χ1v) is 5.28. The molecule has 1 aliphatic heterocycles. The Hall–Kier alpha value is -1.10. The molecule has 86 valence electrons. The number of carboxylic acid groups (broad SMARTS) is 1. The number of carbonyl (C=O) groups excluding carboxylic acids is 1. The summed E-state index contributed by atoms with van der Waals surface area (Å²) in [4.78, 5) is 23.8.